The second kappa shape index (κ2) is 3.03. The largest absolute Gasteiger partial charge is 0.457 e. The molecule has 2 N–H and O–H groups in total. The molecule has 0 aromatic carbocycles. The van der Waals surface area contributed by atoms with E-state index < -0.39 is 0 Å². The van der Waals surface area contributed by atoms with E-state index in [1.807, 2.05) is 6.07 Å². The second-order valence-electron chi connectivity index (χ2n) is 1.76. The maximum absolute atomic E-state index is 5.33. The van der Waals surface area contributed by atoms with Gasteiger partial charge in [0, 0.05) is 5.56 Å². The molecule has 0 fully saturated rings. The highest BCUT2D eigenvalue weighted by atomic mass is 79.9. The van der Waals surface area contributed by atoms with Gasteiger partial charge < -0.3 is 10.2 Å². The van der Waals surface area contributed by atoms with Gasteiger partial charge in [0.15, 0.2) is 4.67 Å². The van der Waals surface area contributed by atoms with E-state index in [4.69, 9.17) is 10.2 Å². The number of rotatable bonds is 2. The van der Waals surface area contributed by atoms with Crippen molar-refractivity contribution < 1.29 is 4.42 Å². The molecule has 1 heterocycles. The number of nitrogens with two attached hydrogens (primary N) is 1. The lowest BCUT2D eigenvalue weighted by atomic mass is 10.2. The van der Waals surface area contributed by atoms with E-state index in [1.54, 1.807) is 6.26 Å². The number of hydrogen-bond donors (Lipinski definition) is 1. The van der Waals surface area contributed by atoms with Crippen LogP contribution in [0.1, 0.15) is 5.56 Å². The summed E-state index contributed by atoms with van der Waals surface area (Å²) in [5.41, 5.74) is 6.46. The predicted molar refractivity (Wildman–Crippen MR) is 39.2 cm³/mol. The van der Waals surface area contributed by atoms with E-state index in [-0.39, 0.29) is 0 Å². The van der Waals surface area contributed by atoms with E-state index in [0.29, 0.717) is 6.54 Å². The molecule has 1 aromatic rings. The van der Waals surface area contributed by atoms with E-state index in [2.05, 4.69) is 15.9 Å². The Morgan fingerprint density at radius 1 is 1.67 bits per heavy atom. The first-order valence-electron chi connectivity index (χ1n) is 2.76. The van der Waals surface area contributed by atoms with Crippen molar-refractivity contribution in [2.75, 3.05) is 6.54 Å². The van der Waals surface area contributed by atoms with Crippen LogP contribution in [-0.4, -0.2) is 6.54 Å². The van der Waals surface area contributed by atoms with Gasteiger partial charge in [0.05, 0.1) is 6.26 Å². The summed E-state index contributed by atoms with van der Waals surface area (Å²) in [6.07, 6.45) is 2.52. The van der Waals surface area contributed by atoms with Gasteiger partial charge in [-0.25, -0.2) is 0 Å². The van der Waals surface area contributed by atoms with Crippen LogP contribution in [0.25, 0.3) is 0 Å². The molecular formula is C6H8BrNO. The summed E-state index contributed by atoms with van der Waals surface area (Å²) in [5, 5.41) is 0. The molecule has 0 saturated heterocycles. The van der Waals surface area contributed by atoms with Crippen LogP contribution in [0.5, 0.6) is 0 Å². The molecule has 2 nitrogen and oxygen atoms in total. The molecule has 0 aliphatic rings. The Kier molecular flexibility index (Phi) is 2.30. The van der Waals surface area contributed by atoms with Crippen molar-refractivity contribution >= 4 is 15.9 Å². The summed E-state index contributed by atoms with van der Waals surface area (Å²) in [7, 11) is 0. The lowest BCUT2D eigenvalue weighted by molar-refractivity contribution is 0.537. The van der Waals surface area contributed by atoms with Crippen LogP contribution in [0.3, 0.4) is 0 Å². The molecule has 1 rings (SSSR count). The van der Waals surface area contributed by atoms with Crippen molar-refractivity contribution in [1.29, 1.82) is 0 Å². The Balaban J connectivity index is 2.69. The molecule has 0 saturated carbocycles. The third-order valence-electron chi connectivity index (χ3n) is 1.11. The van der Waals surface area contributed by atoms with Crippen LogP contribution >= 0.6 is 15.9 Å². The average Bonchev–Trinajstić information content (AvgIpc) is 2.18. The van der Waals surface area contributed by atoms with Gasteiger partial charge in [-0.15, -0.1) is 0 Å². The summed E-state index contributed by atoms with van der Waals surface area (Å²) in [4.78, 5) is 0. The lowest BCUT2D eigenvalue weighted by Gasteiger charge is -1.89. The fourth-order valence-electron chi connectivity index (χ4n) is 0.654. The minimum absolute atomic E-state index is 0.665. The van der Waals surface area contributed by atoms with Gasteiger partial charge in [-0.3, -0.25) is 0 Å². The molecule has 0 amide bonds. The molecule has 0 aliphatic heterocycles. The zero-order chi connectivity index (χ0) is 6.69. The zero-order valence-electron chi connectivity index (χ0n) is 4.93. The molecule has 0 spiro atoms. The topological polar surface area (TPSA) is 39.2 Å². The third kappa shape index (κ3) is 1.56. The highest BCUT2D eigenvalue weighted by Gasteiger charge is 1.98. The molecule has 0 atom stereocenters. The fraction of sp³-hybridized carbons (Fsp3) is 0.333. The van der Waals surface area contributed by atoms with E-state index >= 15 is 0 Å². The summed E-state index contributed by atoms with van der Waals surface area (Å²) >= 11 is 3.25. The minimum Gasteiger partial charge on any atom is -0.457 e. The van der Waals surface area contributed by atoms with Crippen LogP contribution in [0.15, 0.2) is 21.4 Å². The molecule has 0 aliphatic carbocycles. The molecule has 0 unspecified atom stereocenters. The number of furan rings is 1. The Morgan fingerprint density at radius 3 is 2.89 bits per heavy atom. The standard InChI is InChI=1S/C6H8BrNO/c7-6-5(1-3-8)2-4-9-6/h2,4H,1,3,8H2. The van der Waals surface area contributed by atoms with Crippen LogP contribution < -0.4 is 5.73 Å². The lowest BCUT2D eigenvalue weighted by Crippen LogP contribution is -2.01. The summed E-state index contributed by atoms with van der Waals surface area (Å²) in [6.45, 7) is 0.665. The highest BCUT2D eigenvalue weighted by molar-refractivity contribution is 9.10. The first-order chi connectivity index (χ1) is 4.34. The first-order valence-corrected chi connectivity index (χ1v) is 3.56. The summed E-state index contributed by atoms with van der Waals surface area (Å²) in [6, 6.07) is 1.91. The van der Waals surface area contributed by atoms with Crippen molar-refractivity contribution in [2.24, 2.45) is 5.73 Å². The SMILES string of the molecule is NCCc1ccoc1Br. The van der Waals surface area contributed by atoms with Gasteiger partial charge >= 0.3 is 0 Å². The third-order valence-corrected chi connectivity index (χ3v) is 1.80. The molecule has 3 heteroatoms. The second-order valence-corrected chi connectivity index (χ2v) is 2.48. The molecule has 50 valence electrons. The summed E-state index contributed by atoms with van der Waals surface area (Å²) < 4.78 is 5.78. The monoisotopic (exact) mass is 189 g/mol. The molecular weight excluding hydrogens is 182 g/mol. The van der Waals surface area contributed by atoms with Crippen molar-refractivity contribution in [3.8, 4) is 0 Å². The molecule has 1 aromatic heterocycles. The Morgan fingerprint density at radius 2 is 2.44 bits per heavy atom. The van der Waals surface area contributed by atoms with Crippen molar-refractivity contribution in [1.82, 2.24) is 0 Å². The van der Waals surface area contributed by atoms with Gasteiger partial charge in [-0.1, -0.05) is 0 Å². The molecule has 0 bridgehead atoms. The Labute approximate surface area is 62.2 Å². The van der Waals surface area contributed by atoms with Crippen molar-refractivity contribution in [2.45, 2.75) is 6.42 Å². The Bertz CT molecular complexity index is 185. The van der Waals surface area contributed by atoms with Gasteiger partial charge in [0.2, 0.25) is 0 Å². The van der Waals surface area contributed by atoms with E-state index in [9.17, 15) is 0 Å². The minimum atomic E-state index is 0.665. The molecule has 0 radical (unpaired) electrons. The van der Waals surface area contributed by atoms with Gasteiger partial charge in [-0.05, 0) is 35.0 Å². The van der Waals surface area contributed by atoms with Gasteiger partial charge in [0.1, 0.15) is 0 Å². The van der Waals surface area contributed by atoms with Crippen molar-refractivity contribution in [3.63, 3.8) is 0 Å². The maximum atomic E-state index is 5.33. The smallest absolute Gasteiger partial charge is 0.172 e. The maximum Gasteiger partial charge on any atom is 0.172 e. The van der Waals surface area contributed by atoms with Crippen LogP contribution in [0, 0.1) is 0 Å². The highest BCUT2D eigenvalue weighted by Crippen LogP contribution is 2.16. The molecule has 9 heavy (non-hydrogen) atoms. The van der Waals surface area contributed by atoms with Crippen LogP contribution in [0.2, 0.25) is 0 Å². The average molecular weight is 190 g/mol. The van der Waals surface area contributed by atoms with E-state index in [1.165, 1.54) is 0 Å². The van der Waals surface area contributed by atoms with Crippen LogP contribution in [-0.2, 0) is 6.42 Å². The number of hydrogen-bond acceptors (Lipinski definition) is 2. The Hall–Kier alpha value is -0.280. The quantitative estimate of drug-likeness (QED) is 0.768. The fourth-order valence-corrected chi connectivity index (χ4v) is 1.09. The summed E-state index contributed by atoms with van der Waals surface area (Å²) in [5.74, 6) is 0. The van der Waals surface area contributed by atoms with Crippen molar-refractivity contribution in [3.05, 3.63) is 22.6 Å². The van der Waals surface area contributed by atoms with E-state index in [0.717, 1.165) is 16.7 Å². The van der Waals surface area contributed by atoms with Gasteiger partial charge in [0.25, 0.3) is 0 Å². The normalized spacial score (nSPS) is 10.0. The number of halogens is 1. The predicted octanol–water partition coefficient (Wildman–Crippen LogP) is 1.54. The first kappa shape index (κ1) is 6.83. The van der Waals surface area contributed by atoms with Crippen LogP contribution in [0.4, 0.5) is 0 Å². The van der Waals surface area contributed by atoms with Gasteiger partial charge in [-0.2, -0.15) is 0 Å². The zero-order valence-corrected chi connectivity index (χ0v) is 6.52.